The van der Waals surface area contributed by atoms with Crippen LogP contribution in [0.4, 0.5) is 4.79 Å². The lowest BCUT2D eigenvalue weighted by Crippen LogP contribution is -2.50. The third kappa shape index (κ3) is 3.57. The number of amides is 3. The van der Waals surface area contributed by atoms with Gasteiger partial charge in [0.15, 0.2) is 11.5 Å². The molecule has 1 unspecified atom stereocenters. The molecule has 2 aromatic rings. The quantitative estimate of drug-likeness (QED) is 0.576. The Morgan fingerprint density at radius 2 is 1.94 bits per heavy atom. The first-order chi connectivity index (χ1) is 15.5. The summed E-state index contributed by atoms with van der Waals surface area (Å²) in [6.07, 6.45) is 3.42. The molecule has 1 atom stereocenters. The third-order valence-electron chi connectivity index (χ3n) is 5.90. The number of carbonyl (C=O) groups excluding carboxylic acids is 3. The number of rotatable bonds is 5. The van der Waals surface area contributed by atoms with Crippen LogP contribution in [0.1, 0.15) is 29.6 Å². The Morgan fingerprint density at radius 3 is 2.69 bits per heavy atom. The van der Waals surface area contributed by atoms with Crippen molar-refractivity contribution in [3.8, 4) is 0 Å². The zero-order valence-corrected chi connectivity index (χ0v) is 18.0. The highest BCUT2D eigenvalue weighted by Gasteiger charge is 2.47. The van der Waals surface area contributed by atoms with Crippen LogP contribution in [0.15, 0.2) is 66.6 Å². The lowest BCUT2D eigenvalue weighted by Gasteiger charge is -2.36. The molecular weight excluding hydrogens is 408 g/mol. The number of primary amides is 1. The van der Waals surface area contributed by atoms with E-state index in [9.17, 15) is 14.4 Å². The van der Waals surface area contributed by atoms with Crippen molar-refractivity contribution in [3.05, 3.63) is 72.2 Å². The second kappa shape index (κ2) is 8.74. The van der Waals surface area contributed by atoms with Crippen LogP contribution in [0.3, 0.4) is 0 Å². The zero-order chi connectivity index (χ0) is 22.8. The number of carbonyl (C=O) groups is 3. The summed E-state index contributed by atoms with van der Waals surface area (Å²) in [4.78, 5) is 43.7. The second-order valence-corrected chi connectivity index (χ2v) is 7.83. The molecule has 166 valence electrons. The fraction of sp³-hybridized carbons (Fsp3) is 0.292. The Balaban J connectivity index is 1.83. The normalized spacial score (nSPS) is 17.8. The zero-order valence-electron chi connectivity index (χ0n) is 18.0. The molecule has 1 fully saturated rings. The number of fused-ring (bicyclic) bond motifs is 2. The Morgan fingerprint density at radius 1 is 1.19 bits per heavy atom. The van der Waals surface area contributed by atoms with Crippen LogP contribution in [0.5, 0.6) is 0 Å². The molecule has 2 aromatic carbocycles. The standard InChI is InChI=1S/C24H26N4O4/c1-3-15-32-23(30)20-21(28(24(25)31)19-13-6-7-14-27(19)20)26(2)22(29)18-12-8-10-16-9-4-5-11-17(16)18/h3-5,8-12,19H,1,6-7,13-15H2,2H3,(H2,25,31). The van der Waals surface area contributed by atoms with Crippen LogP contribution in [0, 0.1) is 0 Å². The largest absolute Gasteiger partial charge is 0.457 e. The van der Waals surface area contributed by atoms with Crippen LogP contribution in [-0.4, -0.2) is 59.0 Å². The van der Waals surface area contributed by atoms with E-state index in [1.807, 2.05) is 35.2 Å². The summed E-state index contributed by atoms with van der Waals surface area (Å²) in [5, 5.41) is 1.70. The Kier molecular flexibility index (Phi) is 5.85. The predicted octanol–water partition coefficient (Wildman–Crippen LogP) is 3.02. The van der Waals surface area contributed by atoms with E-state index in [2.05, 4.69) is 6.58 Å². The molecule has 2 heterocycles. The number of urea groups is 1. The van der Waals surface area contributed by atoms with Gasteiger partial charge in [-0.2, -0.15) is 0 Å². The van der Waals surface area contributed by atoms with Gasteiger partial charge in [-0.05, 0) is 36.1 Å². The Labute approximate surface area is 186 Å². The molecular formula is C24H26N4O4. The predicted molar refractivity (Wildman–Crippen MR) is 120 cm³/mol. The van der Waals surface area contributed by atoms with Crippen LogP contribution in [-0.2, 0) is 9.53 Å². The summed E-state index contributed by atoms with van der Waals surface area (Å²) < 4.78 is 5.32. The molecule has 0 radical (unpaired) electrons. The summed E-state index contributed by atoms with van der Waals surface area (Å²) in [5.74, 6) is -0.818. The van der Waals surface area contributed by atoms with E-state index < -0.39 is 18.2 Å². The second-order valence-electron chi connectivity index (χ2n) is 7.83. The highest BCUT2D eigenvalue weighted by atomic mass is 16.5. The molecule has 8 nitrogen and oxygen atoms in total. The van der Waals surface area contributed by atoms with E-state index in [0.29, 0.717) is 18.5 Å². The smallest absolute Gasteiger partial charge is 0.358 e. The molecule has 2 aliphatic rings. The summed E-state index contributed by atoms with van der Waals surface area (Å²) in [6, 6.07) is 12.3. The van der Waals surface area contributed by atoms with Gasteiger partial charge >= 0.3 is 12.0 Å². The number of ether oxygens (including phenoxy) is 1. The van der Waals surface area contributed by atoms with Crippen molar-refractivity contribution < 1.29 is 19.1 Å². The minimum absolute atomic E-state index is 0.0195. The third-order valence-corrected chi connectivity index (χ3v) is 5.90. The van der Waals surface area contributed by atoms with Crippen molar-refractivity contribution in [3.63, 3.8) is 0 Å². The van der Waals surface area contributed by atoms with Gasteiger partial charge in [-0.1, -0.05) is 49.1 Å². The number of hydrogen-bond donors (Lipinski definition) is 1. The van der Waals surface area contributed by atoms with E-state index in [-0.39, 0.29) is 24.0 Å². The molecule has 2 aliphatic heterocycles. The maximum absolute atomic E-state index is 13.6. The molecule has 0 aliphatic carbocycles. The van der Waals surface area contributed by atoms with Crippen molar-refractivity contribution in [1.82, 2.24) is 14.7 Å². The SMILES string of the molecule is C=CCOC(=O)C1=C(N(C)C(=O)c2cccc3ccccc23)N(C(N)=O)C2CCCCN12. The molecule has 0 aromatic heterocycles. The van der Waals surface area contributed by atoms with Crippen molar-refractivity contribution in [2.75, 3.05) is 20.2 Å². The highest BCUT2D eigenvalue weighted by molar-refractivity contribution is 6.08. The summed E-state index contributed by atoms with van der Waals surface area (Å²) >= 11 is 0. The molecule has 1 saturated heterocycles. The van der Waals surface area contributed by atoms with Crippen molar-refractivity contribution in [2.45, 2.75) is 25.4 Å². The van der Waals surface area contributed by atoms with Crippen molar-refractivity contribution in [2.24, 2.45) is 5.73 Å². The number of nitrogens with two attached hydrogens (primary N) is 1. The highest BCUT2D eigenvalue weighted by Crippen LogP contribution is 2.37. The molecule has 0 spiro atoms. The number of hydrogen-bond acceptors (Lipinski definition) is 5. The molecule has 3 amide bonds. The number of benzene rings is 2. The fourth-order valence-corrected chi connectivity index (χ4v) is 4.50. The van der Waals surface area contributed by atoms with Crippen molar-refractivity contribution >= 4 is 28.7 Å². The van der Waals surface area contributed by atoms with Gasteiger partial charge in [0.1, 0.15) is 12.8 Å². The van der Waals surface area contributed by atoms with Gasteiger partial charge in [-0.25, -0.2) is 9.59 Å². The van der Waals surface area contributed by atoms with Crippen LogP contribution in [0.25, 0.3) is 10.8 Å². The van der Waals surface area contributed by atoms with Gasteiger partial charge in [-0.15, -0.1) is 0 Å². The molecule has 4 rings (SSSR count). The van der Waals surface area contributed by atoms with E-state index >= 15 is 0 Å². The molecule has 2 N–H and O–H groups in total. The van der Waals surface area contributed by atoms with Crippen LogP contribution in [0.2, 0.25) is 0 Å². The van der Waals surface area contributed by atoms with Gasteiger partial charge in [0.25, 0.3) is 5.91 Å². The first-order valence-corrected chi connectivity index (χ1v) is 10.6. The lowest BCUT2D eigenvalue weighted by molar-refractivity contribution is -0.140. The van der Waals surface area contributed by atoms with Crippen molar-refractivity contribution in [1.29, 1.82) is 0 Å². The number of esters is 1. The van der Waals surface area contributed by atoms with E-state index in [1.54, 1.807) is 19.2 Å². The molecule has 0 saturated carbocycles. The van der Waals surface area contributed by atoms with Crippen LogP contribution >= 0.6 is 0 Å². The topological polar surface area (TPSA) is 96.2 Å². The Hall–Kier alpha value is -3.81. The Bertz CT molecular complexity index is 1120. The van der Waals surface area contributed by atoms with E-state index in [4.69, 9.17) is 10.5 Å². The minimum atomic E-state index is -0.721. The summed E-state index contributed by atoms with van der Waals surface area (Å²) in [6.45, 7) is 4.16. The summed E-state index contributed by atoms with van der Waals surface area (Å²) in [5.41, 5.74) is 6.38. The average molecular weight is 434 g/mol. The van der Waals surface area contributed by atoms with Gasteiger partial charge in [0.05, 0.1) is 0 Å². The average Bonchev–Trinajstić information content (AvgIpc) is 3.16. The fourth-order valence-electron chi connectivity index (χ4n) is 4.50. The van der Waals surface area contributed by atoms with E-state index in [1.165, 1.54) is 15.9 Å². The monoisotopic (exact) mass is 434 g/mol. The van der Waals surface area contributed by atoms with E-state index in [0.717, 1.165) is 23.6 Å². The van der Waals surface area contributed by atoms with Gasteiger partial charge < -0.3 is 15.4 Å². The maximum atomic E-state index is 13.6. The number of nitrogens with zero attached hydrogens (tertiary/aromatic N) is 3. The summed E-state index contributed by atoms with van der Waals surface area (Å²) in [7, 11) is 1.55. The maximum Gasteiger partial charge on any atom is 0.358 e. The lowest BCUT2D eigenvalue weighted by atomic mass is 10.0. The molecule has 0 bridgehead atoms. The minimum Gasteiger partial charge on any atom is -0.457 e. The first-order valence-electron chi connectivity index (χ1n) is 10.6. The van der Waals surface area contributed by atoms with Gasteiger partial charge in [0, 0.05) is 19.2 Å². The molecule has 8 heteroatoms. The number of piperidine rings is 1. The van der Waals surface area contributed by atoms with Gasteiger partial charge in [-0.3, -0.25) is 14.6 Å². The van der Waals surface area contributed by atoms with Gasteiger partial charge in [0.2, 0.25) is 0 Å². The first kappa shape index (κ1) is 21.4. The molecule has 32 heavy (non-hydrogen) atoms. The van der Waals surface area contributed by atoms with Crippen LogP contribution < -0.4 is 5.73 Å².